The van der Waals surface area contributed by atoms with Crippen molar-refractivity contribution in [2.75, 3.05) is 13.1 Å². The maximum Gasteiger partial charge on any atom is 0.264 e. The second-order valence-corrected chi connectivity index (χ2v) is 9.11. The van der Waals surface area contributed by atoms with Gasteiger partial charge in [0.05, 0.1) is 8.66 Å². The predicted molar refractivity (Wildman–Crippen MR) is 94.5 cm³/mol. The third-order valence-electron chi connectivity index (χ3n) is 3.10. The van der Waals surface area contributed by atoms with E-state index in [0.29, 0.717) is 11.8 Å². The van der Waals surface area contributed by atoms with Crippen molar-refractivity contribution in [3.8, 4) is 0 Å². The number of carbonyl (C=O) groups is 1. The van der Waals surface area contributed by atoms with Gasteiger partial charge in [-0.05, 0) is 62.6 Å². The van der Waals surface area contributed by atoms with E-state index in [4.69, 9.17) is 0 Å². The van der Waals surface area contributed by atoms with Gasteiger partial charge in [0.15, 0.2) is 0 Å². The van der Waals surface area contributed by atoms with Crippen LogP contribution < -0.4 is 0 Å². The van der Waals surface area contributed by atoms with Gasteiger partial charge < -0.3 is 4.90 Å². The van der Waals surface area contributed by atoms with Crippen molar-refractivity contribution in [1.29, 1.82) is 0 Å². The molecule has 1 rings (SSSR count). The van der Waals surface area contributed by atoms with E-state index in [1.165, 1.54) is 11.3 Å². The quantitative estimate of drug-likeness (QED) is 0.540. The molecule has 0 aliphatic heterocycles. The van der Waals surface area contributed by atoms with Crippen LogP contribution in [0.5, 0.6) is 0 Å². The Morgan fingerprint density at radius 2 is 1.65 bits per heavy atom. The minimum atomic E-state index is 0.155. The predicted octanol–water partition coefficient (Wildman–Crippen LogP) is 5.81. The molecule has 1 aromatic rings. The lowest BCUT2D eigenvalue weighted by Crippen LogP contribution is -2.33. The summed E-state index contributed by atoms with van der Waals surface area (Å²) >= 11 is 8.41. The van der Waals surface area contributed by atoms with Gasteiger partial charge in [0.1, 0.15) is 0 Å². The van der Waals surface area contributed by atoms with Gasteiger partial charge in [-0.3, -0.25) is 4.79 Å². The van der Waals surface area contributed by atoms with Crippen LogP contribution in [0.25, 0.3) is 0 Å². The molecule has 1 amide bonds. The molecule has 1 aromatic heterocycles. The Kier molecular flexibility index (Phi) is 7.77. The Bertz CT molecular complexity index is 412. The summed E-state index contributed by atoms with van der Waals surface area (Å²) in [5, 5.41) is 0. The fourth-order valence-corrected chi connectivity index (χ4v) is 3.75. The Morgan fingerprint density at radius 3 is 2.00 bits per heavy atom. The highest BCUT2D eigenvalue weighted by atomic mass is 79.9. The molecular formula is C15H23Br2NOS. The van der Waals surface area contributed by atoms with Crippen molar-refractivity contribution < 1.29 is 4.79 Å². The summed E-state index contributed by atoms with van der Waals surface area (Å²) in [4.78, 5) is 15.4. The standard InChI is InChI=1S/C15H23Br2NOS/c1-10(2)5-7-18(8-6-11(3)4)15(19)13-9-12(16)14(17)20-13/h9-11H,5-8H2,1-4H3. The van der Waals surface area contributed by atoms with E-state index < -0.39 is 0 Å². The van der Waals surface area contributed by atoms with Crippen LogP contribution in [0.15, 0.2) is 14.3 Å². The number of carbonyl (C=O) groups excluding carboxylic acids is 1. The van der Waals surface area contributed by atoms with E-state index in [-0.39, 0.29) is 5.91 Å². The van der Waals surface area contributed by atoms with Gasteiger partial charge in [0, 0.05) is 17.6 Å². The highest BCUT2D eigenvalue weighted by Crippen LogP contribution is 2.33. The molecule has 0 aromatic carbocycles. The Morgan fingerprint density at radius 1 is 1.15 bits per heavy atom. The van der Waals surface area contributed by atoms with Crippen molar-refractivity contribution >= 4 is 49.1 Å². The first-order chi connectivity index (χ1) is 9.31. The number of hydrogen-bond donors (Lipinski definition) is 0. The van der Waals surface area contributed by atoms with Gasteiger partial charge in [-0.25, -0.2) is 0 Å². The monoisotopic (exact) mass is 423 g/mol. The summed E-state index contributed by atoms with van der Waals surface area (Å²) in [7, 11) is 0. The SMILES string of the molecule is CC(C)CCN(CCC(C)C)C(=O)c1cc(Br)c(Br)s1. The largest absolute Gasteiger partial charge is 0.338 e. The Hall–Kier alpha value is 0.130. The first kappa shape index (κ1) is 18.2. The number of halogens is 2. The zero-order valence-electron chi connectivity index (χ0n) is 12.6. The van der Waals surface area contributed by atoms with E-state index in [0.717, 1.165) is 39.1 Å². The number of rotatable bonds is 7. The van der Waals surface area contributed by atoms with Crippen LogP contribution in [-0.4, -0.2) is 23.9 Å². The first-order valence-electron chi connectivity index (χ1n) is 7.05. The van der Waals surface area contributed by atoms with Crippen LogP contribution >= 0.6 is 43.2 Å². The lowest BCUT2D eigenvalue weighted by Gasteiger charge is -2.24. The van der Waals surface area contributed by atoms with Gasteiger partial charge in [0.2, 0.25) is 0 Å². The van der Waals surface area contributed by atoms with Gasteiger partial charge in [-0.15, -0.1) is 11.3 Å². The molecule has 114 valence electrons. The molecule has 0 unspecified atom stereocenters. The number of thiophene rings is 1. The summed E-state index contributed by atoms with van der Waals surface area (Å²) in [5.41, 5.74) is 0. The molecule has 0 radical (unpaired) electrons. The normalized spacial score (nSPS) is 11.4. The molecule has 0 aliphatic carbocycles. The molecule has 2 nitrogen and oxygen atoms in total. The topological polar surface area (TPSA) is 20.3 Å². The third kappa shape index (κ3) is 5.86. The van der Waals surface area contributed by atoms with E-state index in [2.05, 4.69) is 59.6 Å². The summed E-state index contributed by atoms with van der Waals surface area (Å²) < 4.78 is 1.94. The minimum Gasteiger partial charge on any atom is -0.338 e. The van der Waals surface area contributed by atoms with Crippen LogP contribution in [0.1, 0.15) is 50.2 Å². The van der Waals surface area contributed by atoms with Gasteiger partial charge >= 0.3 is 0 Å². The van der Waals surface area contributed by atoms with Gasteiger partial charge in [0.25, 0.3) is 5.91 Å². The van der Waals surface area contributed by atoms with Crippen molar-refractivity contribution in [2.45, 2.75) is 40.5 Å². The molecule has 0 bridgehead atoms. The summed E-state index contributed by atoms with van der Waals surface area (Å²) in [6.07, 6.45) is 2.11. The second kappa shape index (κ2) is 8.54. The van der Waals surface area contributed by atoms with E-state index >= 15 is 0 Å². The smallest absolute Gasteiger partial charge is 0.264 e. The lowest BCUT2D eigenvalue weighted by atomic mass is 10.1. The van der Waals surface area contributed by atoms with Crippen LogP contribution in [-0.2, 0) is 0 Å². The minimum absolute atomic E-state index is 0.155. The molecule has 5 heteroatoms. The highest BCUT2D eigenvalue weighted by molar-refractivity contribution is 9.13. The lowest BCUT2D eigenvalue weighted by molar-refractivity contribution is 0.0745. The highest BCUT2D eigenvalue weighted by Gasteiger charge is 2.19. The average molecular weight is 425 g/mol. The van der Waals surface area contributed by atoms with Gasteiger partial charge in [-0.2, -0.15) is 0 Å². The number of nitrogens with zero attached hydrogens (tertiary/aromatic N) is 1. The molecule has 0 saturated heterocycles. The summed E-state index contributed by atoms with van der Waals surface area (Å²) in [5.74, 6) is 1.39. The molecule has 0 aliphatic rings. The average Bonchev–Trinajstić information content (AvgIpc) is 2.68. The molecule has 20 heavy (non-hydrogen) atoms. The van der Waals surface area contributed by atoms with Crippen molar-refractivity contribution in [2.24, 2.45) is 11.8 Å². The molecule has 0 fully saturated rings. The van der Waals surface area contributed by atoms with Crippen LogP contribution in [0.4, 0.5) is 0 Å². The van der Waals surface area contributed by atoms with Crippen molar-refractivity contribution in [3.05, 3.63) is 19.2 Å². The van der Waals surface area contributed by atoms with Crippen molar-refractivity contribution in [1.82, 2.24) is 4.90 Å². The zero-order valence-corrected chi connectivity index (χ0v) is 16.6. The third-order valence-corrected chi connectivity index (χ3v) is 6.34. The number of amides is 1. The first-order valence-corrected chi connectivity index (χ1v) is 9.45. The van der Waals surface area contributed by atoms with E-state index in [1.807, 2.05) is 11.0 Å². The van der Waals surface area contributed by atoms with Gasteiger partial charge in [-0.1, -0.05) is 27.7 Å². The van der Waals surface area contributed by atoms with Crippen LogP contribution in [0.3, 0.4) is 0 Å². The maximum atomic E-state index is 12.6. The summed E-state index contributed by atoms with van der Waals surface area (Å²) in [6, 6.07) is 1.91. The van der Waals surface area contributed by atoms with Crippen molar-refractivity contribution in [3.63, 3.8) is 0 Å². The Balaban J connectivity index is 2.76. The molecule has 0 N–H and O–H groups in total. The van der Waals surface area contributed by atoms with E-state index in [9.17, 15) is 4.79 Å². The molecule has 0 atom stereocenters. The van der Waals surface area contributed by atoms with Crippen LogP contribution in [0, 0.1) is 11.8 Å². The Labute approximate surface area is 143 Å². The summed E-state index contributed by atoms with van der Waals surface area (Å²) in [6.45, 7) is 10.5. The zero-order chi connectivity index (χ0) is 15.3. The molecule has 0 saturated carbocycles. The fraction of sp³-hybridized carbons (Fsp3) is 0.667. The maximum absolute atomic E-state index is 12.6. The molecule has 0 spiro atoms. The molecule has 1 heterocycles. The van der Waals surface area contributed by atoms with Crippen LogP contribution in [0.2, 0.25) is 0 Å². The second-order valence-electron chi connectivity index (χ2n) is 5.89. The van der Waals surface area contributed by atoms with E-state index in [1.54, 1.807) is 0 Å². The fourth-order valence-electron chi connectivity index (χ4n) is 1.75. The molecular weight excluding hydrogens is 402 g/mol. The number of hydrogen-bond acceptors (Lipinski definition) is 2.